The highest BCUT2D eigenvalue weighted by Crippen LogP contribution is 2.41. The van der Waals surface area contributed by atoms with Crippen LogP contribution < -0.4 is 16.0 Å². The summed E-state index contributed by atoms with van der Waals surface area (Å²) in [5.74, 6) is -1.77. The molecule has 3 aromatic rings. The number of fused-ring (bicyclic) bond motifs is 1. The van der Waals surface area contributed by atoms with Crippen molar-refractivity contribution < 1.29 is 34.5 Å². The first-order chi connectivity index (χ1) is 23.9. The van der Waals surface area contributed by atoms with E-state index >= 15 is 0 Å². The molecule has 6 unspecified atom stereocenters. The summed E-state index contributed by atoms with van der Waals surface area (Å²) in [6.07, 6.45) is -0.295. The SMILES string of the molecule is CSCC(NC(=O)Cc1cccc(O)c1)C(=O)NC(Cc1ccccc1)C(O)C(=O)N1CSC(C)(C)C1C(=O)NC1c2ccccc2CC1O. The summed E-state index contributed by atoms with van der Waals surface area (Å²) >= 11 is 2.75. The minimum absolute atomic E-state index is 0.0251. The van der Waals surface area contributed by atoms with E-state index in [1.807, 2.05) is 68.4 Å². The molecule has 1 fully saturated rings. The largest absolute Gasteiger partial charge is 0.508 e. The Kier molecular flexibility index (Phi) is 12.2. The quantitative estimate of drug-likeness (QED) is 0.155. The van der Waals surface area contributed by atoms with Gasteiger partial charge in [-0.2, -0.15) is 11.8 Å². The molecular weight excluding hydrogens is 677 g/mol. The van der Waals surface area contributed by atoms with Crippen molar-refractivity contribution in [2.24, 2.45) is 0 Å². The third kappa shape index (κ3) is 8.81. The van der Waals surface area contributed by atoms with Crippen molar-refractivity contribution in [2.75, 3.05) is 17.9 Å². The Labute approximate surface area is 300 Å². The molecule has 0 saturated carbocycles. The van der Waals surface area contributed by atoms with E-state index in [1.54, 1.807) is 18.4 Å². The average molecular weight is 721 g/mol. The number of hydrogen-bond acceptors (Lipinski definition) is 9. The molecule has 0 bridgehead atoms. The van der Waals surface area contributed by atoms with Gasteiger partial charge in [0, 0.05) is 16.9 Å². The van der Waals surface area contributed by atoms with E-state index < -0.39 is 64.8 Å². The lowest BCUT2D eigenvalue weighted by molar-refractivity contribution is -0.148. The molecule has 3 aromatic carbocycles. The highest BCUT2D eigenvalue weighted by Gasteiger charge is 2.51. The molecule has 2 aliphatic rings. The van der Waals surface area contributed by atoms with Crippen LogP contribution in [0.4, 0.5) is 0 Å². The minimum Gasteiger partial charge on any atom is -0.508 e. The van der Waals surface area contributed by atoms with E-state index in [9.17, 15) is 34.5 Å². The first kappa shape index (κ1) is 37.2. The lowest BCUT2D eigenvalue weighted by Crippen LogP contribution is -2.60. The number of nitrogens with one attached hydrogen (secondary N) is 3. The average Bonchev–Trinajstić information content (AvgIpc) is 3.58. The topological polar surface area (TPSA) is 168 Å². The van der Waals surface area contributed by atoms with E-state index in [4.69, 9.17) is 0 Å². The Morgan fingerprint density at radius 3 is 2.40 bits per heavy atom. The Morgan fingerprint density at radius 2 is 1.68 bits per heavy atom. The summed E-state index contributed by atoms with van der Waals surface area (Å²) in [6.45, 7) is 3.71. The maximum atomic E-state index is 14.2. The zero-order valence-corrected chi connectivity index (χ0v) is 29.9. The molecule has 266 valence electrons. The van der Waals surface area contributed by atoms with Crippen LogP contribution in [0.2, 0.25) is 0 Å². The Morgan fingerprint density at radius 1 is 0.980 bits per heavy atom. The van der Waals surface area contributed by atoms with E-state index in [0.717, 1.165) is 16.7 Å². The van der Waals surface area contributed by atoms with Crippen molar-refractivity contribution in [1.29, 1.82) is 0 Å². The van der Waals surface area contributed by atoms with Crippen molar-refractivity contribution in [3.05, 3.63) is 101 Å². The number of aromatic hydroxyl groups is 1. The highest BCUT2D eigenvalue weighted by atomic mass is 32.2. The number of aliphatic hydroxyl groups excluding tert-OH is 2. The molecule has 13 heteroatoms. The van der Waals surface area contributed by atoms with E-state index in [-0.39, 0.29) is 30.2 Å². The van der Waals surface area contributed by atoms with Crippen molar-refractivity contribution in [3.63, 3.8) is 0 Å². The van der Waals surface area contributed by atoms with Crippen molar-refractivity contribution in [3.8, 4) is 5.75 Å². The summed E-state index contributed by atoms with van der Waals surface area (Å²) < 4.78 is -0.718. The van der Waals surface area contributed by atoms with Crippen LogP contribution in [-0.4, -0.2) is 96.8 Å². The van der Waals surface area contributed by atoms with Gasteiger partial charge in [0.25, 0.3) is 5.91 Å². The molecule has 1 saturated heterocycles. The molecule has 11 nitrogen and oxygen atoms in total. The molecule has 1 aliphatic heterocycles. The number of rotatable bonds is 13. The van der Waals surface area contributed by atoms with Crippen molar-refractivity contribution >= 4 is 47.2 Å². The van der Waals surface area contributed by atoms with Gasteiger partial charge in [-0.1, -0.05) is 66.7 Å². The number of amides is 4. The summed E-state index contributed by atoms with van der Waals surface area (Å²) in [5, 5.41) is 40.8. The second kappa shape index (κ2) is 16.3. The molecule has 5 rings (SSSR count). The molecule has 0 radical (unpaired) electrons. The van der Waals surface area contributed by atoms with Gasteiger partial charge >= 0.3 is 0 Å². The van der Waals surface area contributed by atoms with E-state index in [0.29, 0.717) is 12.0 Å². The Bertz CT molecular complexity index is 1690. The van der Waals surface area contributed by atoms with Crippen molar-refractivity contribution in [2.45, 2.75) is 74.2 Å². The van der Waals surface area contributed by atoms with Gasteiger partial charge in [0.05, 0.1) is 30.5 Å². The summed E-state index contributed by atoms with van der Waals surface area (Å²) in [7, 11) is 0. The molecule has 1 heterocycles. The Balaban J connectivity index is 1.33. The maximum Gasteiger partial charge on any atom is 0.254 e. The lowest BCUT2D eigenvalue weighted by atomic mass is 9.96. The van der Waals surface area contributed by atoms with Gasteiger partial charge in [0.15, 0.2) is 6.10 Å². The number of thioether (sulfide) groups is 2. The Hall–Kier alpha value is -4.04. The number of hydrogen-bond donors (Lipinski definition) is 6. The molecule has 4 amide bonds. The maximum absolute atomic E-state index is 14.2. The number of carbonyl (C=O) groups excluding carboxylic acids is 4. The molecular formula is C37H44N4O7S2. The molecule has 50 heavy (non-hydrogen) atoms. The van der Waals surface area contributed by atoms with Gasteiger partial charge in [0.1, 0.15) is 17.8 Å². The normalized spacial score (nSPS) is 21.1. The standard InChI is InChI=1S/C37H44N4O7S2/c1-37(2)33(35(47)40-31-26-15-8-7-13-24(26)19-29(31)43)41(21-50-37)36(48)32(45)27(17-22-10-5-4-6-11-22)39-34(46)28(20-49-3)38-30(44)18-23-12-9-14-25(42)16-23/h4-16,27-29,31-33,42-43,45H,17-21H2,1-3H3,(H,38,44)(H,39,46)(H,40,47). The van der Waals surface area contributed by atoms with Crippen LogP contribution in [0.25, 0.3) is 0 Å². The number of benzene rings is 3. The van der Waals surface area contributed by atoms with Gasteiger partial charge < -0.3 is 36.2 Å². The summed E-state index contributed by atoms with van der Waals surface area (Å²) in [4.78, 5) is 56.1. The van der Waals surface area contributed by atoms with Gasteiger partial charge in [-0.05, 0) is 60.9 Å². The first-order valence-corrected chi connectivity index (χ1v) is 18.8. The van der Waals surface area contributed by atoms with Gasteiger partial charge in [-0.15, -0.1) is 11.8 Å². The zero-order valence-electron chi connectivity index (χ0n) is 28.2. The molecule has 0 spiro atoms. The summed E-state index contributed by atoms with van der Waals surface area (Å²) in [5.41, 5.74) is 3.11. The number of nitrogens with zero attached hydrogens (tertiary/aromatic N) is 1. The number of aliphatic hydroxyl groups is 2. The van der Waals surface area contributed by atoms with Crippen LogP contribution in [0.1, 0.15) is 42.1 Å². The minimum atomic E-state index is -1.72. The van der Waals surface area contributed by atoms with Crippen LogP contribution in [0.3, 0.4) is 0 Å². The molecule has 0 aromatic heterocycles. The fraction of sp³-hybridized carbons (Fsp3) is 0.405. The van der Waals surface area contributed by atoms with Crippen LogP contribution in [0.15, 0.2) is 78.9 Å². The summed E-state index contributed by atoms with van der Waals surface area (Å²) in [6, 6.07) is 19.2. The zero-order chi connectivity index (χ0) is 36.0. The highest BCUT2D eigenvalue weighted by molar-refractivity contribution is 8.00. The fourth-order valence-corrected chi connectivity index (χ4v) is 8.28. The first-order valence-electron chi connectivity index (χ1n) is 16.5. The second-order valence-electron chi connectivity index (χ2n) is 13.2. The van der Waals surface area contributed by atoms with Crippen LogP contribution in [0, 0.1) is 0 Å². The van der Waals surface area contributed by atoms with E-state index in [1.165, 1.54) is 40.6 Å². The molecule has 1 aliphatic carbocycles. The van der Waals surface area contributed by atoms with Crippen LogP contribution in [-0.2, 0) is 38.4 Å². The number of carbonyl (C=O) groups is 4. The smallest absolute Gasteiger partial charge is 0.254 e. The number of phenols is 1. The lowest BCUT2D eigenvalue weighted by Gasteiger charge is -2.34. The van der Waals surface area contributed by atoms with Crippen LogP contribution in [0.5, 0.6) is 5.75 Å². The van der Waals surface area contributed by atoms with Gasteiger partial charge in [-0.25, -0.2) is 0 Å². The predicted octanol–water partition coefficient (Wildman–Crippen LogP) is 2.33. The number of phenolic OH excluding ortho intramolecular Hbond substituents is 1. The van der Waals surface area contributed by atoms with Gasteiger partial charge in [-0.3, -0.25) is 19.2 Å². The molecule has 6 atom stereocenters. The second-order valence-corrected chi connectivity index (χ2v) is 15.7. The van der Waals surface area contributed by atoms with Crippen molar-refractivity contribution in [1.82, 2.24) is 20.9 Å². The third-order valence-corrected chi connectivity index (χ3v) is 11.1. The third-order valence-electron chi connectivity index (χ3n) is 9.10. The molecule has 6 N–H and O–H groups in total. The van der Waals surface area contributed by atoms with Gasteiger partial charge in [0.2, 0.25) is 17.7 Å². The fourth-order valence-electron chi connectivity index (χ4n) is 6.57. The monoisotopic (exact) mass is 720 g/mol. The predicted molar refractivity (Wildman–Crippen MR) is 194 cm³/mol. The van der Waals surface area contributed by atoms with E-state index in [2.05, 4.69) is 16.0 Å². The van der Waals surface area contributed by atoms with Crippen LogP contribution >= 0.6 is 23.5 Å².